The Kier molecular flexibility index (Phi) is 10.9. The number of thioether (sulfide) groups is 1. The molecule has 1 fully saturated rings. The van der Waals surface area contributed by atoms with E-state index in [-0.39, 0.29) is 24.0 Å². The van der Waals surface area contributed by atoms with Crippen LogP contribution in [0.1, 0.15) is 19.3 Å². The van der Waals surface area contributed by atoms with Gasteiger partial charge in [-0.25, -0.2) is 0 Å². The van der Waals surface area contributed by atoms with Gasteiger partial charge in [0.25, 0.3) is 0 Å². The Morgan fingerprint density at radius 2 is 2.25 bits per heavy atom. The van der Waals surface area contributed by atoms with E-state index in [0.717, 1.165) is 37.0 Å². The van der Waals surface area contributed by atoms with E-state index in [1.807, 2.05) is 37.0 Å². The Morgan fingerprint density at radius 1 is 1.42 bits per heavy atom. The Morgan fingerprint density at radius 3 is 2.96 bits per heavy atom. The number of hydrogen-bond acceptors (Lipinski definition) is 3. The average Bonchev–Trinajstić information content (AvgIpc) is 3.02. The van der Waals surface area contributed by atoms with Crippen LogP contribution in [0.5, 0.6) is 0 Å². The summed E-state index contributed by atoms with van der Waals surface area (Å²) < 4.78 is 0. The molecule has 0 saturated carbocycles. The minimum atomic E-state index is 0. The summed E-state index contributed by atoms with van der Waals surface area (Å²) >= 11 is 7.99. The number of benzene rings is 1. The van der Waals surface area contributed by atoms with Crippen molar-refractivity contribution in [2.75, 3.05) is 43.6 Å². The summed E-state index contributed by atoms with van der Waals surface area (Å²) in [5.74, 6) is 2.14. The normalized spacial score (nSPS) is 17.5. The number of nitrogens with zero attached hydrogens (tertiary/aromatic N) is 2. The lowest BCUT2D eigenvalue weighted by Gasteiger charge is -2.20. The summed E-state index contributed by atoms with van der Waals surface area (Å²) in [6, 6.07) is 8.49. The van der Waals surface area contributed by atoms with Gasteiger partial charge in [-0.05, 0) is 49.5 Å². The number of nitrogens with one attached hydrogen (secondary N) is 2. The molecule has 2 rings (SSSR count). The number of aliphatic imine (C=N–C) groups is 1. The molecule has 7 heteroatoms. The van der Waals surface area contributed by atoms with Crippen molar-refractivity contribution in [1.82, 2.24) is 10.6 Å². The number of halogens is 2. The quantitative estimate of drug-likeness (QED) is 0.268. The van der Waals surface area contributed by atoms with Crippen molar-refractivity contribution in [3.8, 4) is 0 Å². The molecule has 0 aliphatic carbocycles. The van der Waals surface area contributed by atoms with Gasteiger partial charge >= 0.3 is 0 Å². The fourth-order valence-electron chi connectivity index (χ4n) is 2.75. The van der Waals surface area contributed by atoms with Crippen molar-refractivity contribution in [1.29, 1.82) is 0 Å². The lowest BCUT2D eigenvalue weighted by Crippen LogP contribution is -2.44. The van der Waals surface area contributed by atoms with Crippen LogP contribution in [-0.2, 0) is 0 Å². The molecule has 0 amide bonds. The first-order chi connectivity index (χ1) is 11.2. The van der Waals surface area contributed by atoms with Crippen LogP contribution < -0.4 is 15.5 Å². The van der Waals surface area contributed by atoms with Crippen molar-refractivity contribution in [2.45, 2.75) is 25.3 Å². The van der Waals surface area contributed by atoms with Crippen LogP contribution in [0.3, 0.4) is 0 Å². The average molecular weight is 483 g/mol. The summed E-state index contributed by atoms with van der Waals surface area (Å²) in [6.45, 7) is 3.00. The second-order valence-electron chi connectivity index (χ2n) is 5.75. The highest BCUT2D eigenvalue weighted by atomic mass is 127. The summed E-state index contributed by atoms with van der Waals surface area (Å²) in [6.07, 6.45) is 5.69. The topological polar surface area (TPSA) is 39.7 Å². The summed E-state index contributed by atoms with van der Waals surface area (Å²) in [5, 5.41) is 7.73. The van der Waals surface area contributed by atoms with E-state index in [1.165, 1.54) is 24.3 Å². The smallest absolute Gasteiger partial charge is 0.191 e. The molecular formula is C17H28ClIN4S. The lowest BCUT2D eigenvalue weighted by atomic mass is 10.2. The van der Waals surface area contributed by atoms with Crippen molar-refractivity contribution in [2.24, 2.45) is 4.99 Å². The van der Waals surface area contributed by atoms with Gasteiger partial charge in [0.05, 0.1) is 0 Å². The molecule has 1 heterocycles. The largest absolute Gasteiger partial charge is 0.369 e. The van der Waals surface area contributed by atoms with Crippen LogP contribution in [0.4, 0.5) is 5.69 Å². The number of guanidine groups is 1. The van der Waals surface area contributed by atoms with Gasteiger partial charge in [0.15, 0.2) is 5.96 Å². The van der Waals surface area contributed by atoms with Gasteiger partial charge < -0.3 is 15.5 Å². The van der Waals surface area contributed by atoms with Crippen molar-refractivity contribution in [3.05, 3.63) is 29.3 Å². The Balaban J connectivity index is 0.00000288. The molecule has 1 aromatic carbocycles. The maximum absolute atomic E-state index is 6.09. The molecule has 1 atom stereocenters. The zero-order valence-electron chi connectivity index (χ0n) is 14.4. The fourth-order valence-corrected chi connectivity index (χ4v) is 3.43. The van der Waals surface area contributed by atoms with Crippen LogP contribution in [0.25, 0.3) is 0 Å². The zero-order valence-corrected chi connectivity index (χ0v) is 18.3. The molecule has 136 valence electrons. The van der Waals surface area contributed by atoms with E-state index >= 15 is 0 Å². The fraction of sp³-hybridized carbons (Fsp3) is 0.588. The molecule has 1 aliphatic heterocycles. The molecule has 0 spiro atoms. The first-order valence-electron chi connectivity index (χ1n) is 8.19. The van der Waals surface area contributed by atoms with Gasteiger partial charge in [-0.15, -0.1) is 24.0 Å². The van der Waals surface area contributed by atoms with Gasteiger partial charge in [-0.2, -0.15) is 11.8 Å². The van der Waals surface area contributed by atoms with Gasteiger partial charge in [-0.3, -0.25) is 4.99 Å². The van der Waals surface area contributed by atoms with E-state index in [2.05, 4.69) is 32.8 Å². The van der Waals surface area contributed by atoms with Crippen LogP contribution in [-0.4, -0.2) is 50.7 Å². The third kappa shape index (κ3) is 7.27. The van der Waals surface area contributed by atoms with E-state index in [9.17, 15) is 0 Å². The minimum absolute atomic E-state index is 0. The molecule has 2 N–H and O–H groups in total. The maximum Gasteiger partial charge on any atom is 0.191 e. The molecule has 0 aromatic heterocycles. The molecule has 1 aromatic rings. The summed E-state index contributed by atoms with van der Waals surface area (Å²) in [4.78, 5) is 6.70. The molecule has 1 saturated heterocycles. The van der Waals surface area contributed by atoms with Gasteiger partial charge in [0.1, 0.15) is 0 Å². The molecule has 1 unspecified atom stereocenters. The Labute approximate surface area is 172 Å². The second kappa shape index (κ2) is 12.1. The first kappa shape index (κ1) is 21.7. The third-order valence-electron chi connectivity index (χ3n) is 3.99. The highest BCUT2D eigenvalue weighted by Crippen LogP contribution is 2.23. The molecule has 0 bridgehead atoms. The SMILES string of the molecule is CN=C(NCCCCSC)NC1CCN(c2cccc(Cl)c2)C1.I. The van der Waals surface area contributed by atoms with Crippen LogP contribution >= 0.6 is 47.3 Å². The standard InChI is InChI=1S/C17H27ClN4S.HI/c1-19-17(20-9-3-4-11-23-2)21-15-8-10-22(13-15)16-7-5-6-14(18)12-16;/h5-7,12,15H,3-4,8-11,13H2,1-2H3,(H2,19,20,21);1H. The van der Waals surface area contributed by atoms with E-state index < -0.39 is 0 Å². The monoisotopic (exact) mass is 482 g/mol. The van der Waals surface area contributed by atoms with Crippen LogP contribution in [0, 0.1) is 0 Å². The van der Waals surface area contributed by atoms with E-state index in [4.69, 9.17) is 11.6 Å². The first-order valence-corrected chi connectivity index (χ1v) is 9.96. The highest BCUT2D eigenvalue weighted by molar-refractivity contribution is 14.0. The van der Waals surface area contributed by atoms with Gasteiger partial charge in [0, 0.05) is 43.4 Å². The lowest BCUT2D eigenvalue weighted by molar-refractivity contribution is 0.642. The molecule has 24 heavy (non-hydrogen) atoms. The number of anilines is 1. The Bertz CT molecular complexity index is 515. The summed E-state index contributed by atoms with van der Waals surface area (Å²) in [5.41, 5.74) is 1.20. The predicted molar refractivity (Wildman–Crippen MR) is 120 cm³/mol. The number of rotatable bonds is 7. The highest BCUT2D eigenvalue weighted by Gasteiger charge is 2.23. The second-order valence-corrected chi connectivity index (χ2v) is 7.18. The van der Waals surface area contributed by atoms with E-state index in [0.29, 0.717) is 6.04 Å². The molecule has 1 aliphatic rings. The Hall–Kier alpha value is -0.340. The predicted octanol–water partition coefficient (Wildman–Crippen LogP) is 3.84. The van der Waals surface area contributed by atoms with Crippen LogP contribution in [0.15, 0.2) is 29.3 Å². The van der Waals surface area contributed by atoms with Crippen molar-refractivity contribution < 1.29 is 0 Å². The third-order valence-corrected chi connectivity index (χ3v) is 4.93. The number of hydrogen-bond donors (Lipinski definition) is 2. The van der Waals surface area contributed by atoms with Gasteiger partial charge in [-0.1, -0.05) is 17.7 Å². The van der Waals surface area contributed by atoms with E-state index in [1.54, 1.807) is 0 Å². The molecule has 4 nitrogen and oxygen atoms in total. The molecule has 0 radical (unpaired) electrons. The van der Waals surface area contributed by atoms with Crippen LogP contribution in [0.2, 0.25) is 5.02 Å². The minimum Gasteiger partial charge on any atom is -0.369 e. The van der Waals surface area contributed by atoms with Gasteiger partial charge in [0.2, 0.25) is 0 Å². The number of unbranched alkanes of at least 4 members (excludes halogenated alkanes) is 1. The molecular weight excluding hydrogens is 455 g/mol. The van der Waals surface area contributed by atoms with Crippen molar-refractivity contribution in [3.63, 3.8) is 0 Å². The van der Waals surface area contributed by atoms with Crippen molar-refractivity contribution >= 4 is 59.0 Å². The zero-order chi connectivity index (χ0) is 16.5. The summed E-state index contributed by atoms with van der Waals surface area (Å²) in [7, 11) is 1.83. The maximum atomic E-state index is 6.09.